The van der Waals surface area contributed by atoms with Gasteiger partial charge in [-0.05, 0) is 19.1 Å². The Labute approximate surface area is 104 Å². The lowest BCUT2D eigenvalue weighted by atomic mass is 10.1. The summed E-state index contributed by atoms with van der Waals surface area (Å²) in [5.41, 5.74) is 2.95. The van der Waals surface area contributed by atoms with Crippen LogP contribution in [-0.4, -0.2) is 12.3 Å². The van der Waals surface area contributed by atoms with Crippen LogP contribution in [0.3, 0.4) is 0 Å². The molecule has 3 heteroatoms. The summed E-state index contributed by atoms with van der Waals surface area (Å²) in [6.45, 7) is 6.45. The first-order chi connectivity index (χ1) is 6.27. The predicted octanol–water partition coefficient (Wildman–Crippen LogP) is 3.49. The van der Waals surface area contributed by atoms with Gasteiger partial charge in [0.1, 0.15) is 0 Å². The van der Waals surface area contributed by atoms with Gasteiger partial charge in [-0.25, -0.2) is 0 Å². The highest BCUT2D eigenvalue weighted by molar-refractivity contribution is 14.0. The summed E-state index contributed by atoms with van der Waals surface area (Å²) in [4.78, 5) is 11.2. The molecule has 80 valence electrons. The van der Waals surface area contributed by atoms with Crippen molar-refractivity contribution in [2.45, 2.75) is 20.8 Å². The smallest absolute Gasteiger partial charge is 0.183 e. The molecule has 0 unspecified atom stereocenters. The number of aryl methyl sites for hydroxylation is 1. The van der Waals surface area contributed by atoms with Crippen molar-refractivity contribution in [3.63, 3.8) is 0 Å². The molecule has 0 aromatic heterocycles. The summed E-state index contributed by atoms with van der Waals surface area (Å²) in [5.74, 6) is 0.198. The van der Waals surface area contributed by atoms with Crippen molar-refractivity contribution in [2.75, 3.05) is 11.9 Å². The van der Waals surface area contributed by atoms with E-state index < -0.39 is 0 Å². The molecule has 1 heterocycles. The number of hydrogen-bond acceptors (Lipinski definition) is 2. The van der Waals surface area contributed by atoms with Crippen LogP contribution < -0.4 is 5.32 Å². The van der Waals surface area contributed by atoms with Crippen LogP contribution in [0.4, 0.5) is 5.69 Å². The number of nitrogens with one attached hydrogen (secondary N) is 1. The molecule has 0 bridgehead atoms. The molecule has 14 heavy (non-hydrogen) atoms. The fourth-order valence-corrected chi connectivity index (χ4v) is 1.31. The Morgan fingerprint density at radius 2 is 2.00 bits per heavy atom. The third kappa shape index (κ3) is 2.70. The van der Waals surface area contributed by atoms with Crippen molar-refractivity contribution in [3.8, 4) is 0 Å². The SMILES string of the molecule is CC.Cc1ccc2c(c1)C(=O)CN2.I.[HH]. The average Bonchev–Trinajstić information content (AvgIpc) is 2.52. The van der Waals surface area contributed by atoms with E-state index in [-0.39, 0.29) is 31.2 Å². The minimum Gasteiger partial charge on any atom is -0.377 e. The molecule has 2 rings (SSSR count). The zero-order chi connectivity index (χ0) is 9.84. The second-order valence-corrected chi connectivity index (χ2v) is 2.83. The number of carbonyl (C=O) groups excluding carboxylic acids is 1. The largest absolute Gasteiger partial charge is 0.377 e. The van der Waals surface area contributed by atoms with Gasteiger partial charge in [-0.15, -0.1) is 24.0 Å². The van der Waals surface area contributed by atoms with Gasteiger partial charge >= 0.3 is 0 Å². The Bertz CT molecular complexity index is 328. The molecule has 1 aromatic carbocycles. The maximum Gasteiger partial charge on any atom is 0.183 e. The fourth-order valence-electron chi connectivity index (χ4n) is 1.31. The van der Waals surface area contributed by atoms with E-state index in [0.29, 0.717) is 6.54 Å². The summed E-state index contributed by atoms with van der Waals surface area (Å²) in [6.07, 6.45) is 0. The van der Waals surface area contributed by atoms with E-state index in [4.69, 9.17) is 0 Å². The van der Waals surface area contributed by atoms with Gasteiger partial charge in [0.15, 0.2) is 5.78 Å². The van der Waals surface area contributed by atoms with Gasteiger partial charge < -0.3 is 5.32 Å². The van der Waals surface area contributed by atoms with Gasteiger partial charge in [0.25, 0.3) is 0 Å². The van der Waals surface area contributed by atoms with Crippen LogP contribution >= 0.6 is 24.0 Å². The summed E-state index contributed by atoms with van der Waals surface area (Å²) in [7, 11) is 0. The van der Waals surface area contributed by atoms with Gasteiger partial charge in [-0.1, -0.05) is 25.5 Å². The summed E-state index contributed by atoms with van der Waals surface area (Å²) in [6, 6.07) is 5.89. The minimum atomic E-state index is 0. The van der Waals surface area contributed by atoms with Gasteiger partial charge in [0, 0.05) is 12.7 Å². The average molecular weight is 307 g/mol. The van der Waals surface area contributed by atoms with Gasteiger partial charge in [0.05, 0.1) is 6.54 Å². The molecular formula is C11H18INO. The first-order valence-corrected chi connectivity index (χ1v) is 4.65. The molecule has 1 N–H and O–H groups in total. The Morgan fingerprint density at radius 1 is 1.36 bits per heavy atom. The minimum absolute atomic E-state index is 0. The van der Waals surface area contributed by atoms with Crippen molar-refractivity contribution in [1.29, 1.82) is 0 Å². The van der Waals surface area contributed by atoms with E-state index in [9.17, 15) is 4.79 Å². The third-order valence-electron chi connectivity index (χ3n) is 1.91. The van der Waals surface area contributed by atoms with Crippen molar-refractivity contribution < 1.29 is 6.22 Å². The number of carbonyl (C=O) groups is 1. The van der Waals surface area contributed by atoms with E-state index in [1.54, 1.807) is 0 Å². The number of benzene rings is 1. The molecule has 0 saturated carbocycles. The predicted molar refractivity (Wildman–Crippen MR) is 72.9 cm³/mol. The summed E-state index contributed by atoms with van der Waals surface area (Å²) in [5, 5.41) is 3.03. The normalized spacial score (nSPS) is 11.8. The maximum atomic E-state index is 11.2. The molecule has 1 aliphatic rings. The molecule has 0 radical (unpaired) electrons. The molecule has 1 aliphatic heterocycles. The Kier molecular flexibility index (Phi) is 5.76. The van der Waals surface area contributed by atoms with E-state index in [1.807, 2.05) is 39.0 Å². The van der Waals surface area contributed by atoms with Crippen LogP contribution in [0.25, 0.3) is 0 Å². The highest BCUT2D eigenvalue weighted by Gasteiger charge is 2.17. The standard InChI is InChI=1S/C9H9NO.C2H6.HI.H2/c1-6-2-3-8-7(4-6)9(11)5-10-8;1-2;;/h2-4,10H,5H2,1H3;1-2H3;2*1H. The monoisotopic (exact) mass is 307 g/mol. The second kappa shape index (κ2) is 6.01. The van der Waals surface area contributed by atoms with Crippen LogP contribution in [0.15, 0.2) is 18.2 Å². The number of ketones is 1. The molecular weight excluding hydrogens is 289 g/mol. The Hall–Kier alpha value is -0.580. The summed E-state index contributed by atoms with van der Waals surface area (Å²) < 4.78 is 0. The second-order valence-electron chi connectivity index (χ2n) is 2.83. The topological polar surface area (TPSA) is 29.1 Å². The lowest BCUT2D eigenvalue weighted by molar-refractivity contribution is 0.101. The van der Waals surface area contributed by atoms with Crippen molar-refractivity contribution in [1.82, 2.24) is 0 Å². The molecule has 0 atom stereocenters. The maximum absolute atomic E-state index is 11.2. The number of Topliss-reactive ketones (excluding diaryl/α,β-unsaturated/α-hetero) is 1. The fraction of sp³-hybridized carbons (Fsp3) is 0.364. The number of fused-ring (bicyclic) bond motifs is 1. The molecule has 0 amide bonds. The molecule has 0 aliphatic carbocycles. The molecule has 2 nitrogen and oxygen atoms in total. The summed E-state index contributed by atoms with van der Waals surface area (Å²) >= 11 is 0. The van der Waals surface area contributed by atoms with Gasteiger partial charge in [-0.3, -0.25) is 4.79 Å². The first-order valence-electron chi connectivity index (χ1n) is 4.65. The molecule has 0 spiro atoms. The lowest BCUT2D eigenvalue weighted by Gasteiger charge is -1.97. The van der Waals surface area contributed by atoms with Crippen molar-refractivity contribution >= 4 is 35.4 Å². The van der Waals surface area contributed by atoms with Crippen LogP contribution in [0.2, 0.25) is 0 Å². The Morgan fingerprint density at radius 3 is 2.64 bits per heavy atom. The third-order valence-corrected chi connectivity index (χ3v) is 1.91. The number of hydrogen-bond donors (Lipinski definition) is 1. The number of rotatable bonds is 0. The van der Waals surface area contributed by atoms with Crippen LogP contribution in [0.5, 0.6) is 0 Å². The number of halogens is 1. The van der Waals surface area contributed by atoms with E-state index >= 15 is 0 Å². The van der Waals surface area contributed by atoms with Gasteiger partial charge in [0.2, 0.25) is 0 Å². The van der Waals surface area contributed by atoms with Crippen molar-refractivity contribution in [2.24, 2.45) is 0 Å². The quantitative estimate of drug-likeness (QED) is 0.743. The highest BCUT2D eigenvalue weighted by atomic mass is 127. The molecule has 0 fully saturated rings. The van der Waals surface area contributed by atoms with Crippen LogP contribution in [0.1, 0.15) is 31.2 Å². The van der Waals surface area contributed by atoms with Crippen LogP contribution in [0, 0.1) is 6.92 Å². The van der Waals surface area contributed by atoms with E-state index in [2.05, 4.69) is 5.32 Å². The van der Waals surface area contributed by atoms with E-state index in [0.717, 1.165) is 16.8 Å². The zero-order valence-electron chi connectivity index (χ0n) is 8.76. The van der Waals surface area contributed by atoms with Crippen LogP contribution in [-0.2, 0) is 0 Å². The number of anilines is 1. The van der Waals surface area contributed by atoms with Crippen molar-refractivity contribution in [3.05, 3.63) is 29.3 Å². The Balaban J connectivity index is 0. The zero-order valence-corrected chi connectivity index (χ0v) is 11.1. The molecule has 0 saturated heterocycles. The molecule has 1 aromatic rings. The first kappa shape index (κ1) is 13.4. The highest BCUT2D eigenvalue weighted by Crippen LogP contribution is 2.22. The van der Waals surface area contributed by atoms with E-state index in [1.165, 1.54) is 0 Å². The van der Waals surface area contributed by atoms with Gasteiger partial charge in [-0.2, -0.15) is 0 Å². The lowest BCUT2D eigenvalue weighted by Crippen LogP contribution is -2.00.